The highest BCUT2D eigenvalue weighted by Gasteiger charge is 2.45. The summed E-state index contributed by atoms with van der Waals surface area (Å²) in [6.07, 6.45) is 2.43. The number of nitrogens with one attached hydrogen (secondary N) is 1. The molecular formula is C24H22N2O5. The van der Waals surface area contributed by atoms with Gasteiger partial charge in [0.05, 0.1) is 11.1 Å². The highest BCUT2D eigenvalue weighted by molar-refractivity contribution is 6.24. The van der Waals surface area contributed by atoms with Gasteiger partial charge in [0.15, 0.2) is 0 Å². The number of piperidine rings is 1. The number of aryl methyl sites for hydroxylation is 1. The molecule has 0 bridgehead atoms. The van der Waals surface area contributed by atoms with Gasteiger partial charge in [0, 0.05) is 5.70 Å². The van der Waals surface area contributed by atoms with E-state index in [4.69, 9.17) is 9.47 Å². The minimum absolute atomic E-state index is 0.149. The molecule has 2 unspecified atom stereocenters. The van der Waals surface area contributed by atoms with E-state index in [0.717, 1.165) is 23.5 Å². The summed E-state index contributed by atoms with van der Waals surface area (Å²) in [6.45, 7) is 4.01. The highest BCUT2D eigenvalue weighted by atomic mass is 16.5. The van der Waals surface area contributed by atoms with Gasteiger partial charge in [-0.15, -0.1) is 0 Å². The number of carbonyl (C=O) groups is 3. The van der Waals surface area contributed by atoms with E-state index in [1.54, 1.807) is 18.2 Å². The van der Waals surface area contributed by atoms with Crippen molar-refractivity contribution in [3.8, 4) is 11.5 Å². The zero-order valence-electron chi connectivity index (χ0n) is 16.9. The van der Waals surface area contributed by atoms with E-state index >= 15 is 0 Å². The Morgan fingerprint density at radius 2 is 1.87 bits per heavy atom. The van der Waals surface area contributed by atoms with Gasteiger partial charge in [0.1, 0.15) is 30.3 Å². The van der Waals surface area contributed by atoms with Crippen LogP contribution in [-0.4, -0.2) is 41.4 Å². The molecule has 0 saturated carbocycles. The Morgan fingerprint density at radius 1 is 1.03 bits per heavy atom. The molecule has 2 aromatic carbocycles. The van der Waals surface area contributed by atoms with Gasteiger partial charge in [-0.2, -0.15) is 0 Å². The Balaban J connectivity index is 1.34. The molecule has 3 heterocycles. The molecule has 1 N–H and O–H groups in total. The minimum Gasteiger partial charge on any atom is -0.489 e. The van der Waals surface area contributed by atoms with Crippen molar-refractivity contribution in [1.82, 2.24) is 10.2 Å². The van der Waals surface area contributed by atoms with E-state index in [-0.39, 0.29) is 29.7 Å². The summed E-state index contributed by atoms with van der Waals surface area (Å²) in [4.78, 5) is 39.5. The second-order valence-electron chi connectivity index (χ2n) is 8.00. The summed E-state index contributed by atoms with van der Waals surface area (Å²) in [7, 11) is 0. The Hall–Kier alpha value is -3.61. The van der Waals surface area contributed by atoms with Crippen molar-refractivity contribution >= 4 is 17.7 Å². The lowest BCUT2D eigenvalue weighted by molar-refractivity contribution is -0.125. The molecule has 1 saturated heterocycles. The van der Waals surface area contributed by atoms with E-state index in [9.17, 15) is 14.4 Å². The second-order valence-corrected chi connectivity index (χ2v) is 8.00. The molecule has 1 fully saturated rings. The summed E-state index contributed by atoms with van der Waals surface area (Å²) >= 11 is 0. The number of carbonyl (C=O) groups excluding carboxylic acids is 3. The van der Waals surface area contributed by atoms with E-state index in [1.165, 1.54) is 5.56 Å². The monoisotopic (exact) mass is 418 g/mol. The summed E-state index contributed by atoms with van der Waals surface area (Å²) in [5.41, 5.74) is 2.23. The Kier molecular flexibility index (Phi) is 4.73. The van der Waals surface area contributed by atoms with Gasteiger partial charge in [-0.25, -0.2) is 0 Å². The van der Waals surface area contributed by atoms with Crippen LogP contribution in [0, 0.1) is 0 Å². The Labute approximate surface area is 179 Å². The quantitative estimate of drug-likeness (QED) is 0.772. The highest BCUT2D eigenvalue weighted by Crippen LogP contribution is 2.34. The maximum absolute atomic E-state index is 13.2. The van der Waals surface area contributed by atoms with Crippen LogP contribution in [-0.2, 0) is 11.2 Å². The molecule has 0 spiro atoms. The maximum atomic E-state index is 13.2. The third kappa shape index (κ3) is 3.36. The molecule has 7 heteroatoms. The first-order chi connectivity index (χ1) is 15.0. The second kappa shape index (κ2) is 7.58. The average molecular weight is 418 g/mol. The van der Waals surface area contributed by atoms with E-state index < -0.39 is 17.9 Å². The molecule has 3 aliphatic rings. The van der Waals surface area contributed by atoms with Gasteiger partial charge < -0.3 is 14.8 Å². The standard InChI is InChI=1S/C24H22N2O5/c1-14-9-12-18(22(27)25-14)26-23(28)17-6-4-8-20(21(17)24(26)29)30-13-16-11-10-15-5-2-3-7-19(15)31-16/h2-8,16,18H,1,9-13H2,(H,25,27). The molecule has 0 aromatic heterocycles. The maximum Gasteiger partial charge on any atom is 0.266 e. The number of hydrogen-bond donors (Lipinski definition) is 1. The number of fused-ring (bicyclic) bond motifs is 2. The molecule has 0 radical (unpaired) electrons. The van der Waals surface area contributed by atoms with Crippen molar-refractivity contribution in [3.63, 3.8) is 0 Å². The molecule has 2 atom stereocenters. The molecular weight excluding hydrogens is 396 g/mol. The minimum atomic E-state index is -0.844. The lowest BCUT2D eigenvalue weighted by Crippen LogP contribution is -2.51. The summed E-state index contributed by atoms with van der Waals surface area (Å²) in [5.74, 6) is -0.175. The SMILES string of the molecule is C=C1CCC(N2C(=O)c3cccc(OCC4CCc5ccccc5O4)c3C2=O)C(=O)N1. The molecule has 158 valence electrons. The molecule has 3 amide bonds. The first-order valence-electron chi connectivity index (χ1n) is 10.4. The van der Waals surface area contributed by atoms with E-state index in [0.29, 0.717) is 24.3 Å². The fourth-order valence-corrected chi connectivity index (χ4v) is 4.36. The van der Waals surface area contributed by atoms with Crippen molar-refractivity contribution in [2.24, 2.45) is 0 Å². The van der Waals surface area contributed by atoms with Gasteiger partial charge in [0.25, 0.3) is 11.8 Å². The summed E-state index contributed by atoms with van der Waals surface area (Å²) in [5, 5.41) is 2.64. The number of amides is 3. The Morgan fingerprint density at radius 3 is 2.71 bits per heavy atom. The van der Waals surface area contributed by atoms with E-state index in [1.807, 2.05) is 24.3 Å². The number of benzene rings is 2. The third-order valence-electron chi connectivity index (χ3n) is 5.97. The number of nitrogens with zero attached hydrogens (tertiary/aromatic N) is 1. The van der Waals surface area contributed by atoms with Gasteiger partial charge in [-0.1, -0.05) is 30.8 Å². The largest absolute Gasteiger partial charge is 0.489 e. The average Bonchev–Trinajstić information content (AvgIpc) is 3.03. The molecule has 5 rings (SSSR count). The number of imide groups is 1. The zero-order valence-corrected chi connectivity index (χ0v) is 16.9. The van der Waals surface area contributed by atoms with Crippen molar-refractivity contribution in [3.05, 3.63) is 71.4 Å². The van der Waals surface area contributed by atoms with Crippen LogP contribution >= 0.6 is 0 Å². The summed E-state index contributed by atoms with van der Waals surface area (Å²) < 4.78 is 12.0. The predicted molar refractivity (Wildman–Crippen MR) is 112 cm³/mol. The zero-order chi connectivity index (χ0) is 21.5. The smallest absolute Gasteiger partial charge is 0.266 e. The molecule has 7 nitrogen and oxygen atoms in total. The number of ether oxygens (including phenoxy) is 2. The van der Waals surface area contributed by atoms with Crippen LogP contribution in [0.4, 0.5) is 0 Å². The number of hydrogen-bond acceptors (Lipinski definition) is 5. The van der Waals surface area contributed by atoms with Crippen molar-refractivity contribution in [1.29, 1.82) is 0 Å². The lowest BCUT2D eigenvalue weighted by atomic mass is 10.0. The number of para-hydroxylation sites is 1. The fourth-order valence-electron chi connectivity index (χ4n) is 4.36. The molecule has 3 aliphatic heterocycles. The number of allylic oxidation sites excluding steroid dienone is 1. The number of rotatable bonds is 4. The fraction of sp³-hybridized carbons (Fsp3) is 0.292. The third-order valence-corrected chi connectivity index (χ3v) is 5.97. The van der Waals surface area contributed by atoms with Crippen LogP contribution in [0.15, 0.2) is 54.7 Å². The van der Waals surface area contributed by atoms with Crippen molar-refractivity contribution in [2.75, 3.05) is 6.61 Å². The van der Waals surface area contributed by atoms with Gasteiger partial charge in [-0.3, -0.25) is 19.3 Å². The Bertz CT molecular complexity index is 1110. The van der Waals surface area contributed by atoms with Crippen molar-refractivity contribution < 1.29 is 23.9 Å². The summed E-state index contributed by atoms with van der Waals surface area (Å²) in [6, 6.07) is 12.0. The first kappa shape index (κ1) is 19.4. The van der Waals surface area contributed by atoms with Gasteiger partial charge >= 0.3 is 0 Å². The molecule has 31 heavy (non-hydrogen) atoms. The van der Waals surface area contributed by atoms with Gasteiger partial charge in [-0.05, 0) is 49.4 Å². The van der Waals surface area contributed by atoms with Crippen LogP contribution < -0.4 is 14.8 Å². The van der Waals surface area contributed by atoms with Crippen LogP contribution in [0.2, 0.25) is 0 Å². The lowest BCUT2D eigenvalue weighted by Gasteiger charge is -2.29. The van der Waals surface area contributed by atoms with Gasteiger partial charge in [0.2, 0.25) is 5.91 Å². The van der Waals surface area contributed by atoms with Crippen molar-refractivity contribution in [2.45, 2.75) is 37.8 Å². The van der Waals surface area contributed by atoms with E-state index in [2.05, 4.69) is 11.9 Å². The normalized spacial score (nSPS) is 22.5. The van der Waals surface area contributed by atoms with Crippen LogP contribution in [0.1, 0.15) is 45.5 Å². The first-order valence-corrected chi connectivity index (χ1v) is 10.4. The predicted octanol–water partition coefficient (Wildman–Crippen LogP) is 2.85. The van der Waals surface area contributed by atoms with Crippen LogP contribution in [0.5, 0.6) is 11.5 Å². The topological polar surface area (TPSA) is 84.9 Å². The van der Waals surface area contributed by atoms with Crippen LogP contribution in [0.25, 0.3) is 0 Å². The van der Waals surface area contributed by atoms with Crippen LogP contribution in [0.3, 0.4) is 0 Å². The molecule has 2 aromatic rings. The molecule has 0 aliphatic carbocycles.